The van der Waals surface area contributed by atoms with Gasteiger partial charge in [0.2, 0.25) is 9.84 Å². The summed E-state index contributed by atoms with van der Waals surface area (Å²) < 4.78 is 25.4. The van der Waals surface area contributed by atoms with Crippen molar-refractivity contribution >= 4 is 26.5 Å². The zero-order valence-corrected chi connectivity index (χ0v) is 14.5. The van der Waals surface area contributed by atoms with Crippen molar-refractivity contribution < 1.29 is 8.42 Å². The first kappa shape index (κ1) is 16.6. The van der Waals surface area contributed by atoms with Crippen LogP contribution in [0.15, 0.2) is 106 Å². The van der Waals surface area contributed by atoms with E-state index in [-0.39, 0.29) is 0 Å². The van der Waals surface area contributed by atoms with Gasteiger partial charge in [-0.25, -0.2) is 8.42 Å². The van der Waals surface area contributed by atoms with Crippen molar-refractivity contribution in [1.82, 2.24) is 0 Å². The molecular weight excluding hydrogens is 336 g/mol. The van der Waals surface area contributed by atoms with Crippen LogP contribution >= 0.6 is 11.8 Å². The summed E-state index contributed by atoms with van der Waals surface area (Å²) in [6.45, 7) is 0. The summed E-state index contributed by atoms with van der Waals surface area (Å²) in [5, 5.41) is 1.36. The topological polar surface area (TPSA) is 34.1 Å². The lowest BCUT2D eigenvalue weighted by atomic mass is 10.2. The van der Waals surface area contributed by atoms with E-state index < -0.39 is 9.84 Å². The molecule has 24 heavy (non-hydrogen) atoms. The molecule has 0 amide bonds. The maximum Gasteiger partial charge on any atom is 0.200 e. The van der Waals surface area contributed by atoms with Gasteiger partial charge < -0.3 is 0 Å². The highest BCUT2D eigenvalue weighted by molar-refractivity contribution is 8.09. The van der Waals surface area contributed by atoms with Gasteiger partial charge in [-0.2, -0.15) is 0 Å². The lowest BCUT2D eigenvalue weighted by molar-refractivity contribution is 0.605. The second-order valence-electron chi connectivity index (χ2n) is 5.12. The highest BCUT2D eigenvalue weighted by atomic mass is 32.2. The smallest absolute Gasteiger partial charge is 0.200 e. The van der Waals surface area contributed by atoms with Gasteiger partial charge in [0.05, 0.1) is 10.3 Å². The molecule has 0 aromatic heterocycles. The highest BCUT2D eigenvalue weighted by Crippen LogP contribution is 2.35. The van der Waals surface area contributed by atoms with Crippen LogP contribution in [0.3, 0.4) is 0 Å². The molecule has 0 radical (unpaired) electrons. The molecule has 0 heterocycles. The van der Waals surface area contributed by atoms with Crippen molar-refractivity contribution in [2.45, 2.75) is 9.79 Å². The molecule has 0 atom stereocenters. The van der Waals surface area contributed by atoms with E-state index in [2.05, 4.69) is 0 Å². The quantitative estimate of drug-likeness (QED) is 0.588. The molecule has 0 aliphatic rings. The standard InChI is InChI=1S/C20H16O2S2/c21-24(22,19-14-8-3-9-15-19)16-20(17-10-4-1-5-11-17)23-18-12-6-2-7-13-18/h1-16H/b20-16+. The Bertz CT molecular complexity index is 917. The Morgan fingerprint density at radius 2 is 1.21 bits per heavy atom. The van der Waals surface area contributed by atoms with Gasteiger partial charge in [-0.1, -0.05) is 78.5 Å². The van der Waals surface area contributed by atoms with Gasteiger partial charge in [0.25, 0.3) is 0 Å². The van der Waals surface area contributed by atoms with Crippen molar-refractivity contribution in [3.8, 4) is 0 Å². The van der Waals surface area contributed by atoms with E-state index in [1.54, 1.807) is 30.3 Å². The summed E-state index contributed by atoms with van der Waals surface area (Å²) in [7, 11) is -3.51. The first-order valence-electron chi connectivity index (χ1n) is 7.45. The van der Waals surface area contributed by atoms with E-state index >= 15 is 0 Å². The molecule has 3 rings (SSSR count). The number of hydrogen-bond acceptors (Lipinski definition) is 3. The predicted octanol–water partition coefficient (Wildman–Crippen LogP) is 5.25. The average Bonchev–Trinajstić information content (AvgIpc) is 2.63. The van der Waals surface area contributed by atoms with Gasteiger partial charge in [0, 0.05) is 9.80 Å². The zero-order chi connectivity index (χ0) is 16.8. The van der Waals surface area contributed by atoms with Gasteiger partial charge in [-0.05, 0) is 29.8 Å². The van der Waals surface area contributed by atoms with Gasteiger partial charge in [-0.3, -0.25) is 0 Å². The van der Waals surface area contributed by atoms with E-state index in [0.29, 0.717) is 9.80 Å². The molecule has 120 valence electrons. The Labute approximate surface area is 146 Å². The van der Waals surface area contributed by atoms with Crippen molar-refractivity contribution in [2.75, 3.05) is 0 Å². The van der Waals surface area contributed by atoms with E-state index in [4.69, 9.17) is 0 Å². The lowest BCUT2D eigenvalue weighted by Gasteiger charge is -2.08. The van der Waals surface area contributed by atoms with E-state index in [0.717, 1.165) is 10.5 Å². The number of rotatable bonds is 5. The Hall–Kier alpha value is -2.30. The average molecular weight is 352 g/mol. The first-order chi connectivity index (χ1) is 11.6. The third-order valence-electron chi connectivity index (χ3n) is 3.36. The van der Waals surface area contributed by atoms with Gasteiger partial charge in [0.15, 0.2) is 0 Å². The van der Waals surface area contributed by atoms with Crippen LogP contribution in [0.4, 0.5) is 0 Å². The fourth-order valence-corrected chi connectivity index (χ4v) is 4.65. The first-order valence-corrected chi connectivity index (χ1v) is 9.81. The molecule has 0 spiro atoms. The van der Waals surface area contributed by atoms with Crippen molar-refractivity contribution in [2.24, 2.45) is 0 Å². The van der Waals surface area contributed by atoms with Crippen LogP contribution in [-0.2, 0) is 9.84 Å². The molecule has 2 nitrogen and oxygen atoms in total. The van der Waals surface area contributed by atoms with Crippen LogP contribution in [0.2, 0.25) is 0 Å². The maximum absolute atomic E-state index is 12.7. The molecular formula is C20H16O2S2. The summed E-state index contributed by atoms with van der Waals surface area (Å²) in [6, 6.07) is 27.8. The van der Waals surface area contributed by atoms with Crippen LogP contribution in [0.1, 0.15) is 5.56 Å². The summed E-state index contributed by atoms with van der Waals surface area (Å²) in [4.78, 5) is 1.99. The molecule has 0 fully saturated rings. The second-order valence-corrected chi connectivity index (χ2v) is 8.03. The Morgan fingerprint density at radius 1 is 0.708 bits per heavy atom. The SMILES string of the molecule is O=S(=O)(/C=C(/Sc1ccccc1)c1ccccc1)c1ccccc1. The van der Waals surface area contributed by atoms with E-state index in [1.807, 2.05) is 60.7 Å². The van der Waals surface area contributed by atoms with Gasteiger partial charge in [0.1, 0.15) is 0 Å². The third-order valence-corrected chi connectivity index (χ3v) is 6.07. The van der Waals surface area contributed by atoms with Gasteiger partial charge >= 0.3 is 0 Å². The van der Waals surface area contributed by atoms with Crippen LogP contribution in [0.25, 0.3) is 4.91 Å². The van der Waals surface area contributed by atoms with Crippen molar-refractivity contribution in [1.29, 1.82) is 0 Å². The second kappa shape index (κ2) is 7.51. The number of sulfone groups is 1. The molecule has 3 aromatic carbocycles. The normalized spacial score (nSPS) is 12.1. The molecule has 4 heteroatoms. The minimum Gasteiger partial charge on any atom is -0.219 e. The summed E-state index contributed by atoms with van der Waals surface area (Å²) in [6.07, 6.45) is 0. The number of hydrogen-bond donors (Lipinski definition) is 0. The molecule has 0 aliphatic heterocycles. The molecule has 0 N–H and O–H groups in total. The van der Waals surface area contributed by atoms with Crippen molar-refractivity contribution in [3.05, 3.63) is 102 Å². The fraction of sp³-hybridized carbons (Fsp3) is 0. The molecule has 0 saturated carbocycles. The van der Waals surface area contributed by atoms with Crippen LogP contribution in [-0.4, -0.2) is 8.42 Å². The van der Waals surface area contributed by atoms with E-state index in [1.165, 1.54) is 17.2 Å². The highest BCUT2D eigenvalue weighted by Gasteiger charge is 2.14. The summed E-state index contributed by atoms with van der Waals surface area (Å²) in [5.74, 6) is 0. The third kappa shape index (κ3) is 4.16. The Balaban J connectivity index is 2.04. The molecule has 0 saturated heterocycles. The number of benzene rings is 3. The molecule has 0 unspecified atom stereocenters. The lowest BCUT2D eigenvalue weighted by Crippen LogP contribution is -1.97. The van der Waals surface area contributed by atoms with Crippen LogP contribution < -0.4 is 0 Å². The largest absolute Gasteiger partial charge is 0.219 e. The minimum atomic E-state index is -3.51. The molecule has 0 aliphatic carbocycles. The predicted molar refractivity (Wildman–Crippen MR) is 100 cm³/mol. The molecule has 3 aromatic rings. The minimum absolute atomic E-state index is 0.298. The Kier molecular flexibility index (Phi) is 5.18. The van der Waals surface area contributed by atoms with Gasteiger partial charge in [-0.15, -0.1) is 0 Å². The Morgan fingerprint density at radius 3 is 1.79 bits per heavy atom. The number of thioether (sulfide) groups is 1. The van der Waals surface area contributed by atoms with Crippen LogP contribution in [0, 0.1) is 0 Å². The molecule has 0 bridgehead atoms. The fourth-order valence-electron chi connectivity index (χ4n) is 2.19. The summed E-state index contributed by atoms with van der Waals surface area (Å²) >= 11 is 1.45. The monoisotopic (exact) mass is 352 g/mol. The van der Waals surface area contributed by atoms with E-state index in [9.17, 15) is 8.42 Å². The summed E-state index contributed by atoms with van der Waals surface area (Å²) in [5.41, 5.74) is 0.880. The maximum atomic E-state index is 12.7. The van der Waals surface area contributed by atoms with Crippen molar-refractivity contribution in [3.63, 3.8) is 0 Å². The van der Waals surface area contributed by atoms with Crippen LogP contribution in [0.5, 0.6) is 0 Å². The zero-order valence-electron chi connectivity index (χ0n) is 12.9.